The summed E-state index contributed by atoms with van der Waals surface area (Å²) in [5.74, 6) is -0.488. The number of fused-ring (bicyclic) bond motifs is 2. The van der Waals surface area contributed by atoms with Gasteiger partial charge >= 0.3 is 0 Å². The topological polar surface area (TPSA) is 26.3 Å². The Labute approximate surface area is 168 Å². The normalized spacial score (nSPS) is 26.6. The van der Waals surface area contributed by atoms with Crippen molar-refractivity contribution in [2.45, 2.75) is 55.3 Å². The first-order valence-corrected chi connectivity index (χ1v) is 10.8. The zero-order chi connectivity index (χ0) is 19.7. The van der Waals surface area contributed by atoms with Crippen LogP contribution >= 0.6 is 11.8 Å². The molecule has 0 aliphatic carbocycles. The van der Waals surface area contributed by atoms with E-state index in [0.717, 1.165) is 30.4 Å². The van der Waals surface area contributed by atoms with E-state index >= 15 is 0 Å². The molecule has 148 valence electrons. The van der Waals surface area contributed by atoms with Crippen LogP contribution in [-0.4, -0.2) is 22.4 Å². The summed E-state index contributed by atoms with van der Waals surface area (Å²) in [4.78, 5) is 12.7. The summed E-state index contributed by atoms with van der Waals surface area (Å²) in [6.45, 7) is 1.91. The van der Waals surface area contributed by atoms with Gasteiger partial charge in [-0.15, -0.1) is 0 Å². The predicted octanol–water partition coefficient (Wildman–Crippen LogP) is 5.70. The van der Waals surface area contributed by atoms with Gasteiger partial charge in [-0.25, -0.2) is 8.78 Å². The van der Waals surface area contributed by atoms with Gasteiger partial charge in [0.15, 0.2) is 0 Å². The fourth-order valence-electron chi connectivity index (χ4n) is 4.41. The Balaban J connectivity index is 1.67. The summed E-state index contributed by atoms with van der Waals surface area (Å²) < 4.78 is 33.5. The number of ether oxygens (including phenoxy) is 1. The highest BCUT2D eigenvalue weighted by molar-refractivity contribution is 8.00. The van der Waals surface area contributed by atoms with Gasteiger partial charge in [0.05, 0.1) is 12.0 Å². The molecule has 2 aromatic rings. The van der Waals surface area contributed by atoms with Crippen molar-refractivity contribution in [3.63, 3.8) is 0 Å². The molecule has 0 radical (unpaired) electrons. The highest BCUT2D eigenvalue weighted by atomic mass is 32.2. The van der Waals surface area contributed by atoms with Crippen LogP contribution in [0.5, 0.6) is 0 Å². The maximum atomic E-state index is 13.5. The molecule has 0 amide bonds. The number of thioether (sulfide) groups is 1. The summed E-state index contributed by atoms with van der Waals surface area (Å²) >= 11 is 1.93. The van der Waals surface area contributed by atoms with Gasteiger partial charge in [0.25, 0.3) is 0 Å². The van der Waals surface area contributed by atoms with Crippen LogP contribution in [0.3, 0.4) is 0 Å². The van der Waals surface area contributed by atoms with Gasteiger partial charge in [0, 0.05) is 16.9 Å². The average Bonchev–Trinajstić information content (AvgIpc) is 3.08. The van der Waals surface area contributed by atoms with Crippen molar-refractivity contribution in [3.05, 3.63) is 71.3 Å². The third-order valence-electron chi connectivity index (χ3n) is 5.81. The molecule has 0 N–H and O–H groups in total. The molecule has 2 saturated heterocycles. The first kappa shape index (κ1) is 19.6. The number of Topliss-reactive ketones (excluding diaryl/α,β-unsaturated/α-hetero) is 1. The van der Waals surface area contributed by atoms with Crippen LogP contribution in [0.4, 0.5) is 8.78 Å². The van der Waals surface area contributed by atoms with Gasteiger partial charge in [-0.2, -0.15) is 11.8 Å². The predicted molar refractivity (Wildman–Crippen MR) is 107 cm³/mol. The Kier molecular flexibility index (Phi) is 5.83. The molecule has 0 saturated carbocycles. The van der Waals surface area contributed by atoms with E-state index in [1.54, 1.807) is 24.3 Å². The first-order valence-electron chi connectivity index (χ1n) is 9.89. The first-order chi connectivity index (χ1) is 13.5. The van der Waals surface area contributed by atoms with Gasteiger partial charge in [-0.05, 0) is 54.7 Å². The number of hydrogen-bond donors (Lipinski definition) is 0. The van der Waals surface area contributed by atoms with Crippen molar-refractivity contribution in [2.75, 3.05) is 0 Å². The Morgan fingerprint density at radius 2 is 1.61 bits per heavy atom. The molecule has 4 unspecified atom stereocenters. The molecule has 2 nitrogen and oxygen atoms in total. The number of halogens is 2. The second-order valence-electron chi connectivity index (χ2n) is 7.61. The van der Waals surface area contributed by atoms with E-state index in [1.165, 1.54) is 24.3 Å². The van der Waals surface area contributed by atoms with E-state index in [-0.39, 0.29) is 29.4 Å². The Morgan fingerprint density at radius 1 is 1.04 bits per heavy atom. The van der Waals surface area contributed by atoms with Gasteiger partial charge in [0.1, 0.15) is 23.5 Å². The second kappa shape index (κ2) is 8.34. The lowest BCUT2D eigenvalue weighted by Crippen LogP contribution is -2.41. The van der Waals surface area contributed by atoms with Crippen LogP contribution in [0.15, 0.2) is 48.5 Å². The molecular weight excluding hydrogens is 378 g/mol. The van der Waals surface area contributed by atoms with E-state index < -0.39 is 6.10 Å². The number of rotatable bonds is 6. The van der Waals surface area contributed by atoms with Gasteiger partial charge in [-0.3, -0.25) is 4.79 Å². The highest BCUT2D eigenvalue weighted by Crippen LogP contribution is 2.49. The monoisotopic (exact) mass is 402 g/mol. The molecule has 2 fully saturated rings. The van der Waals surface area contributed by atoms with E-state index in [9.17, 15) is 13.6 Å². The molecule has 2 bridgehead atoms. The fraction of sp³-hybridized carbons (Fsp3) is 0.435. The maximum absolute atomic E-state index is 13.5. The van der Waals surface area contributed by atoms with E-state index in [4.69, 9.17) is 4.74 Å². The third kappa shape index (κ3) is 4.01. The van der Waals surface area contributed by atoms with Crippen molar-refractivity contribution in [3.8, 4) is 0 Å². The zero-order valence-electron chi connectivity index (χ0n) is 15.8. The molecule has 2 aromatic carbocycles. The Bertz CT molecular complexity index is 776. The van der Waals surface area contributed by atoms with E-state index in [1.807, 2.05) is 18.7 Å². The molecule has 28 heavy (non-hydrogen) atoms. The quantitative estimate of drug-likeness (QED) is 0.620. The number of carbonyl (C=O) groups is 1. The zero-order valence-corrected chi connectivity index (χ0v) is 16.6. The number of ketones is 1. The van der Waals surface area contributed by atoms with Gasteiger partial charge < -0.3 is 4.74 Å². The number of carbonyl (C=O) groups excluding carboxylic acids is 1. The van der Waals surface area contributed by atoms with Crippen LogP contribution in [0, 0.1) is 17.6 Å². The molecule has 5 heteroatoms. The molecule has 0 aromatic heterocycles. The number of hydrogen-bond acceptors (Lipinski definition) is 3. The van der Waals surface area contributed by atoms with Crippen molar-refractivity contribution in [1.82, 2.24) is 0 Å². The van der Waals surface area contributed by atoms with Gasteiger partial charge in [-0.1, -0.05) is 31.2 Å². The lowest BCUT2D eigenvalue weighted by Gasteiger charge is -2.37. The molecule has 4 rings (SSSR count). The van der Waals surface area contributed by atoms with Crippen LogP contribution < -0.4 is 0 Å². The molecule has 0 spiro atoms. The standard InChI is InChI=1S/C23H24F2O2S/c1-2-19(26)22-20(13-18-11-12-21(22)28-18)27-23(14-3-7-16(24)8-4-14)15-5-9-17(25)10-6-15/h3-10,18,20-23H,2,11-13H2,1H3. The van der Waals surface area contributed by atoms with Crippen molar-refractivity contribution < 1.29 is 18.3 Å². The fourth-order valence-corrected chi connectivity index (χ4v) is 6.24. The minimum atomic E-state index is -0.458. The summed E-state index contributed by atoms with van der Waals surface area (Å²) in [5.41, 5.74) is 1.61. The lowest BCUT2D eigenvalue weighted by atomic mass is 9.89. The summed E-state index contributed by atoms with van der Waals surface area (Å²) in [7, 11) is 0. The maximum Gasteiger partial charge on any atom is 0.139 e. The molecule has 2 aliphatic rings. The molecule has 4 atom stereocenters. The van der Waals surface area contributed by atoms with Crippen molar-refractivity contribution in [2.24, 2.45) is 5.92 Å². The number of benzene rings is 2. The van der Waals surface area contributed by atoms with Crippen molar-refractivity contribution >= 4 is 17.5 Å². The van der Waals surface area contributed by atoms with Crippen LogP contribution in [-0.2, 0) is 9.53 Å². The third-order valence-corrected chi connectivity index (χ3v) is 7.50. The average molecular weight is 403 g/mol. The highest BCUT2D eigenvalue weighted by Gasteiger charge is 2.46. The van der Waals surface area contributed by atoms with Crippen LogP contribution in [0.1, 0.15) is 49.8 Å². The Morgan fingerprint density at radius 3 is 2.14 bits per heavy atom. The van der Waals surface area contributed by atoms with Gasteiger partial charge in [0.2, 0.25) is 0 Å². The molecule has 2 aliphatic heterocycles. The summed E-state index contributed by atoms with van der Waals surface area (Å²) in [5, 5.41) is 0.844. The Hall–Kier alpha value is -1.72. The minimum absolute atomic E-state index is 0.114. The van der Waals surface area contributed by atoms with E-state index in [2.05, 4.69) is 0 Å². The van der Waals surface area contributed by atoms with E-state index in [0.29, 0.717) is 16.9 Å². The second-order valence-corrected chi connectivity index (χ2v) is 9.16. The SMILES string of the molecule is CCC(=O)C1C(OC(c2ccc(F)cc2)c2ccc(F)cc2)CC2CCC1S2. The van der Waals surface area contributed by atoms with Crippen LogP contribution in [0.25, 0.3) is 0 Å². The summed E-state index contributed by atoms with van der Waals surface area (Å²) in [6, 6.07) is 12.4. The largest absolute Gasteiger partial charge is 0.365 e. The minimum Gasteiger partial charge on any atom is -0.365 e. The molecular formula is C23H24F2O2S. The summed E-state index contributed by atoms with van der Waals surface area (Å²) in [6.07, 6.45) is 2.90. The van der Waals surface area contributed by atoms with Crippen molar-refractivity contribution in [1.29, 1.82) is 0 Å². The molecule has 2 heterocycles. The lowest BCUT2D eigenvalue weighted by molar-refractivity contribution is -0.130. The van der Waals surface area contributed by atoms with Crippen LogP contribution in [0.2, 0.25) is 0 Å². The smallest absolute Gasteiger partial charge is 0.139 e.